The van der Waals surface area contributed by atoms with Crippen LogP contribution in [-0.4, -0.2) is 42.5 Å². The van der Waals surface area contributed by atoms with Crippen LogP contribution in [0.15, 0.2) is 42.5 Å². The maximum atomic E-state index is 13.3. The molecule has 8 heteroatoms. The van der Waals surface area contributed by atoms with Crippen LogP contribution in [0, 0.1) is 13.8 Å². The number of hydrogen-bond acceptors (Lipinski definition) is 5. The number of thiazole rings is 1. The number of anilines is 1. The molecule has 1 aromatic heterocycles. The molecule has 0 unspecified atom stereocenters. The molecule has 0 atom stereocenters. The van der Waals surface area contributed by atoms with E-state index in [2.05, 4.69) is 13.0 Å². The van der Waals surface area contributed by atoms with E-state index in [-0.39, 0.29) is 18.1 Å². The molecule has 3 aromatic rings. The van der Waals surface area contributed by atoms with Gasteiger partial charge in [-0.2, -0.15) is 0 Å². The van der Waals surface area contributed by atoms with Crippen LogP contribution in [0.4, 0.5) is 5.13 Å². The van der Waals surface area contributed by atoms with Crippen LogP contribution in [0.3, 0.4) is 0 Å². The monoisotopic (exact) mass is 471 g/mol. The Morgan fingerprint density at radius 1 is 1.12 bits per heavy atom. The third kappa shape index (κ3) is 5.19. The summed E-state index contributed by atoms with van der Waals surface area (Å²) < 4.78 is 27.7. The first kappa shape index (κ1) is 22.9. The molecule has 0 saturated carbocycles. The number of rotatable bonds is 8. The molecule has 2 aromatic carbocycles. The molecule has 2 heterocycles. The van der Waals surface area contributed by atoms with E-state index in [0.29, 0.717) is 31.2 Å². The quantitative estimate of drug-likeness (QED) is 0.479. The minimum absolute atomic E-state index is 0.00998. The van der Waals surface area contributed by atoms with E-state index >= 15 is 0 Å². The number of hydrogen-bond donors (Lipinski definition) is 0. The molecule has 0 N–H and O–H groups in total. The van der Waals surface area contributed by atoms with Gasteiger partial charge in [-0.1, -0.05) is 47.7 Å². The van der Waals surface area contributed by atoms with Crippen molar-refractivity contribution in [2.24, 2.45) is 0 Å². The molecule has 170 valence electrons. The molecule has 1 aliphatic rings. The Labute approximate surface area is 193 Å². The Balaban J connectivity index is 1.54. The molecule has 1 fully saturated rings. The van der Waals surface area contributed by atoms with Crippen LogP contribution in [0.1, 0.15) is 42.4 Å². The first-order chi connectivity index (χ1) is 15.3. The summed E-state index contributed by atoms with van der Waals surface area (Å²) >= 11 is 1.52. The molecular weight excluding hydrogens is 442 g/mol. The Morgan fingerprint density at radius 3 is 2.56 bits per heavy atom. The maximum absolute atomic E-state index is 13.3. The highest BCUT2D eigenvalue weighted by atomic mass is 32.2. The number of aryl methyl sites for hydroxylation is 2. The second-order valence-corrected chi connectivity index (χ2v) is 11.5. The fourth-order valence-corrected chi connectivity index (χ4v) is 6.76. The molecule has 0 bridgehead atoms. The molecule has 32 heavy (non-hydrogen) atoms. The maximum Gasteiger partial charge on any atom is 0.229 e. The molecule has 1 aliphatic heterocycles. The van der Waals surface area contributed by atoms with Gasteiger partial charge in [-0.05, 0) is 55.9 Å². The Morgan fingerprint density at radius 2 is 1.84 bits per heavy atom. The molecule has 1 saturated heterocycles. The average molecular weight is 472 g/mol. The van der Waals surface area contributed by atoms with Crippen LogP contribution in [0.25, 0.3) is 10.2 Å². The Bertz CT molecular complexity index is 1200. The lowest BCUT2D eigenvalue weighted by Gasteiger charge is -2.20. The summed E-state index contributed by atoms with van der Waals surface area (Å²) in [5.41, 5.74) is 4.19. The number of fused-ring (bicyclic) bond motifs is 1. The van der Waals surface area contributed by atoms with Crippen molar-refractivity contribution >= 4 is 42.6 Å². The van der Waals surface area contributed by atoms with Gasteiger partial charge in [0.25, 0.3) is 0 Å². The lowest BCUT2D eigenvalue weighted by Crippen LogP contribution is -2.32. The topological polar surface area (TPSA) is 70.6 Å². The summed E-state index contributed by atoms with van der Waals surface area (Å²) in [6.07, 6.45) is 2.32. The number of benzene rings is 2. The van der Waals surface area contributed by atoms with E-state index in [1.165, 1.54) is 11.3 Å². The number of aromatic nitrogens is 1. The molecule has 4 rings (SSSR count). The van der Waals surface area contributed by atoms with Crippen molar-refractivity contribution in [3.8, 4) is 0 Å². The first-order valence-corrected chi connectivity index (χ1v) is 13.5. The van der Waals surface area contributed by atoms with Crippen molar-refractivity contribution < 1.29 is 13.2 Å². The second kappa shape index (κ2) is 9.68. The van der Waals surface area contributed by atoms with Gasteiger partial charge in [-0.3, -0.25) is 9.69 Å². The number of nitrogens with zero attached hydrogens (tertiary/aromatic N) is 3. The van der Waals surface area contributed by atoms with Crippen LogP contribution >= 0.6 is 11.3 Å². The fourth-order valence-electron chi connectivity index (χ4n) is 4.14. The van der Waals surface area contributed by atoms with Gasteiger partial charge in [0.2, 0.25) is 15.9 Å². The predicted molar refractivity (Wildman–Crippen MR) is 131 cm³/mol. The van der Waals surface area contributed by atoms with Crippen LogP contribution in [0.2, 0.25) is 0 Å². The van der Waals surface area contributed by atoms with Crippen molar-refractivity contribution in [1.82, 2.24) is 9.29 Å². The molecule has 0 spiro atoms. The minimum Gasteiger partial charge on any atom is -0.284 e. The summed E-state index contributed by atoms with van der Waals surface area (Å²) in [6.45, 7) is 5.71. The summed E-state index contributed by atoms with van der Waals surface area (Å²) in [5, 5.41) is 0.657. The van der Waals surface area contributed by atoms with Crippen molar-refractivity contribution in [2.75, 3.05) is 23.7 Å². The molecule has 0 aliphatic carbocycles. The Hall–Kier alpha value is -2.29. The van der Waals surface area contributed by atoms with Gasteiger partial charge >= 0.3 is 0 Å². The summed E-state index contributed by atoms with van der Waals surface area (Å²) in [4.78, 5) is 19.7. The van der Waals surface area contributed by atoms with E-state index in [4.69, 9.17) is 4.98 Å². The molecule has 6 nitrogen and oxygen atoms in total. The lowest BCUT2D eigenvalue weighted by molar-refractivity contribution is -0.118. The number of carbonyl (C=O) groups is 1. The number of amides is 1. The number of sulfonamides is 1. The SMILES string of the molecule is Cc1cc(C)c2sc(N(Cc3ccccc3)C(=O)CCCS(=O)(=O)N3CCCC3)nc2c1. The molecule has 1 amide bonds. The highest BCUT2D eigenvalue weighted by Gasteiger charge is 2.26. The van der Waals surface area contributed by atoms with Crippen LogP contribution in [-0.2, 0) is 21.4 Å². The first-order valence-electron chi connectivity index (χ1n) is 11.0. The minimum atomic E-state index is -3.29. The van der Waals surface area contributed by atoms with Gasteiger partial charge in [0.1, 0.15) is 0 Å². The van der Waals surface area contributed by atoms with Gasteiger partial charge in [0.15, 0.2) is 5.13 Å². The van der Waals surface area contributed by atoms with Crippen molar-refractivity contribution in [3.63, 3.8) is 0 Å². The largest absolute Gasteiger partial charge is 0.284 e. The summed E-state index contributed by atoms with van der Waals surface area (Å²) in [7, 11) is -3.29. The fraction of sp³-hybridized carbons (Fsp3) is 0.417. The van der Waals surface area contributed by atoms with Crippen molar-refractivity contribution in [3.05, 3.63) is 59.2 Å². The highest BCUT2D eigenvalue weighted by molar-refractivity contribution is 7.89. The normalized spacial score (nSPS) is 14.8. The zero-order valence-electron chi connectivity index (χ0n) is 18.6. The summed E-state index contributed by atoms with van der Waals surface area (Å²) in [5.74, 6) is -0.0883. The van der Waals surface area contributed by atoms with Crippen LogP contribution < -0.4 is 4.90 Å². The van der Waals surface area contributed by atoms with Crippen molar-refractivity contribution in [2.45, 2.75) is 46.1 Å². The van der Waals surface area contributed by atoms with E-state index in [1.807, 2.05) is 43.3 Å². The Kier molecular flexibility index (Phi) is 6.93. The van der Waals surface area contributed by atoms with Gasteiger partial charge in [-0.25, -0.2) is 17.7 Å². The van der Waals surface area contributed by atoms with Gasteiger partial charge in [0.05, 0.1) is 22.5 Å². The zero-order chi connectivity index (χ0) is 22.7. The predicted octanol–water partition coefficient (Wildman–Crippen LogP) is 4.65. The van der Waals surface area contributed by atoms with E-state index in [9.17, 15) is 13.2 Å². The lowest BCUT2D eigenvalue weighted by atomic mass is 10.1. The van der Waals surface area contributed by atoms with E-state index in [1.54, 1.807) is 9.21 Å². The van der Waals surface area contributed by atoms with Gasteiger partial charge < -0.3 is 0 Å². The zero-order valence-corrected chi connectivity index (χ0v) is 20.2. The van der Waals surface area contributed by atoms with Gasteiger partial charge in [-0.15, -0.1) is 0 Å². The molecule has 0 radical (unpaired) electrons. The standard InChI is InChI=1S/C24H29N3O3S2/c1-18-15-19(2)23-21(16-18)25-24(31-23)27(17-20-9-4-3-5-10-20)22(28)11-8-14-32(29,30)26-12-6-7-13-26/h3-5,9-10,15-16H,6-8,11-14,17H2,1-2H3. The van der Waals surface area contributed by atoms with E-state index < -0.39 is 10.0 Å². The number of carbonyl (C=O) groups excluding carboxylic acids is 1. The van der Waals surface area contributed by atoms with Crippen LogP contribution in [0.5, 0.6) is 0 Å². The highest BCUT2D eigenvalue weighted by Crippen LogP contribution is 2.33. The smallest absolute Gasteiger partial charge is 0.229 e. The average Bonchev–Trinajstić information content (AvgIpc) is 3.43. The third-order valence-corrected chi connectivity index (χ3v) is 8.96. The molecular formula is C24H29N3O3S2. The van der Waals surface area contributed by atoms with Gasteiger partial charge in [0, 0.05) is 19.5 Å². The third-order valence-electron chi connectivity index (χ3n) is 5.78. The second-order valence-electron chi connectivity index (χ2n) is 8.42. The summed E-state index contributed by atoms with van der Waals surface area (Å²) in [6, 6.07) is 14.0. The van der Waals surface area contributed by atoms with Crippen molar-refractivity contribution in [1.29, 1.82) is 0 Å². The van der Waals surface area contributed by atoms with E-state index in [0.717, 1.165) is 39.7 Å².